The number of hydrogen-bond donors (Lipinski definition) is 0. The second kappa shape index (κ2) is 6.66. The highest BCUT2D eigenvalue weighted by molar-refractivity contribution is 9.18. The lowest BCUT2D eigenvalue weighted by Crippen LogP contribution is -2.09. The first-order valence-electron chi connectivity index (χ1n) is 5.86. The van der Waals surface area contributed by atoms with Crippen LogP contribution < -0.4 is 9.47 Å². The van der Waals surface area contributed by atoms with Gasteiger partial charge < -0.3 is 9.47 Å². The number of rotatable bonds is 6. The largest absolute Gasteiger partial charge is 0.472 e. The molecule has 0 radical (unpaired) electrons. The molecule has 0 atom stereocenters. The third kappa shape index (κ3) is 4.01. The first-order chi connectivity index (χ1) is 9.97. The van der Waals surface area contributed by atoms with Crippen LogP contribution in [0.15, 0.2) is 30.5 Å². The number of aryl methyl sites for hydroxylation is 1. The lowest BCUT2D eigenvalue weighted by molar-refractivity contribution is -0.0509. The zero-order valence-electron chi connectivity index (χ0n) is 10.9. The summed E-state index contributed by atoms with van der Waals surface area (Å²) in [6.07, 6.45) is 1.67. The topological polar surface area (TPSA) is 53.4 Å². The summed E-state index contributed by atoms with van der Waals surface area (Å²) >= 11 is 2.81. The monoisotopic (exact) mass is 360 g/mol. The lowest BCUT2D eigenvalue weighted by Gasteiger charge is -2.13. The number of alkyl halides is 2. The van der Waals surface area contributed by atoms with Crippen molar-refractivity contribution in [1.82, 2.24) is 9.78 Å². The molecule has 0 aliphatic carbocycles. The molecule has 0 bridgehead atoms. The first kappa shape index (κ1) is 15.4. The van der Waals surface area contributed by atoms with Crippen molar-refractivity contribution in [2.45, 2.75) is 13.2 Å². The van der Waals surface area contributed by atoms with Gasteiger partial charge in [0, 0.05) is 30.4 Å². The average Bonchev–Trinajstić information content (AvgIpc) is 2.82. The zero-order chi connectivity index (χ0) is 15.4. The maximum atomic E-state index is 12.4. The van der Waals surface area contributed by atoms with Crippen molar-refractivity contribution < 1.29 is 23.0 Å². The number of benzene rings is 1. The van der Waals surface area contributed by atoms with Gasteiger partial charge in [-0.3, -0.25) is 9.48 Å². The third-order valence-electron chi connectivity index (χ3n) is 2.61. The van der Waals surface area contributed by atoms with E-state index in [4.69, 9.17) is 4.74 Å². The molecule has 0 amide bonds. The van der Waals surface area contributed by atoms with E-state index in [0.29, 0.717) is 5.88 Å². The predicted molar refractivity (Wildman–Crippen MR) is 73.9 cm³/mol. The fourth-order valence-corrected chi connectivity index (χ4v) is 2.09. The van der Waals surface area contributed by atoms with Crippen LogP contribution in [-0.4, -0.2) is 21.1 Å². The van der Waals surface area contributed by atoms with Gasteiger partial charge in [-0.15, -0.1) is 5.10 Å². The maximum Gasteiger partial charge on any atom is 0.387 e. The van der Waals surface area contributed by atoms with Crippen LogP contribution in [0, 0.1) is 0 Å². The van der Waals surface area contributed by atoms with Gasteiger partial charge in [-0.25, -0.2) is 0 Å². The molecule has 8 heteroatoms. The van der Waals surface area contributed by atoms with Gasteiger partial charge >= 0.3 is 6.61 Å². The summed E-state index contributed by atoms with van der Waals surface area (Å²) < 4.78 is 35.8. The van der Waals surface area contributed by atoms with Gasteiger partial charge in [-0.05, 0) is 28.1 Å². The molecule has 0 aliphatic heterocycles. The maximum absolute atomic E-state index is 12.4. The number of hydrogen-bond acceptors (Lipinski definition) is 4. The summed E-state index contributed by atoms with van der Waals surface area (Å²) in [5, 5.41) is 4.00. The highest BCUT2D eigenvalue weighted by Gasteiger charge is 2.17. The smallest absolute Gasteiger partial charge is 0.387 e. The number of carbonyl (C=O) groups excluding carboxylic acids is 1. The van der Waals surface area contributed by atoms with Crippen molar-refractivity contribution in [3.63, 3.8) is 0 Å². The summed E-state index contributed by atoms with van der Waals surface area (Å²) in [7, 11) is 1.72. The fraction of sp³-hybridized carbons (Fsp3) is 0.231. The molecule has 0 spiro atoms. The summed E-state index contributed by atoms with van der Waals surface area (Å²) in [5.41, 5.74) is 0.425. The molecule has 0 N–H and O–H groups in total. The molecular formula is C13H11BrF2N2O3. The lowest BCUT2D eigenvalue weighted by atomic mass is 10.1. The standard InChI is InChI=1S/C13H11BrF2N2O3/c1-18-6-5-11(17-18)20-7-9-8(12(14)19)3-2-4-10(9)21-13(15)16/h2-6,13H,7H2,1H3. The predicted octanol–water partition coefficient (Wildman–Crippen LogP) is 3.14. The number of ether oxygens (including phenoxy) is 2. The van der Waals surface area contributed by atoms with Gasteiger partial charge in [0.1, 0.15) is 12.4 Å². The van der Waals surface area contributed by atoms with Crippen molar-refractivity contribution in [2.24, 2.45) is 7.05 Å². The van der Waals surface area contributed by atoms with Crippen LogP contribution in [0.2, 0.25) is 0 Å². The van der Waals surface area contributed by atoms with Crippen molar-refractivity contribution in [3.05, 3.63) is 41.6 Å². The quantitative estimate of drug-likeness (QED) is 0.742. The van der Waals surface area contributed by atoms with Crippen molar-refractivity contribution in [1.29, 1.82) is 0 Å². The highest BCUT2D eigenvalue weighted by Crippen LogP contribution is 2.27. The van der Waals surface area contributed by atoms with Crippen LogP contribution in [0.1, 0.15) is 15.9 Å². The molecule has 2 aromatic rings. The van der Waals surface area contributed by atoms with E-state index in [0.717, 1.165) is 0 Å². The van der Waals surface area contributed by atoms with Crippen molar-refractivity contribution in [3.8, 4) is 11.6 Å². The summed E-state index contributed by atoms with van der Waals surface area (Å²) in [4.78, 5) is 11.5. The minimum Gasteiger partial charge on any atom is -0.472 e. The SMILES string of the molecule is Cn1ccc(OCc2c(OC(F)F)cccc2C(=O)Br)n1. The Balaban J connectivity index is 2.27. The van der Waals surface area contributed by atoms with Crippen molar-refractivity contribution >= 4 is 20.6 Å². The summed E-state index contributed by atoms with van der Waals surface area (Å²) in [6, 6.07) is 5.91. The van der Waals surface area contributed by atoms with Crippen molar-refractivity contribution in [2.75, 3.05) is 0 Å². The van der Waals surface area contributed by atoms with Crippen LogP contribution in [0.4, 0.5) is 8.78 Å². The first-order valence-corrected chi connectivity index (χ1v) is 6.65. The number of carbonyl (C=O) groups is 1. The Labute approximate surface area is 127 Å². The molecule has 1 aromatic heterocycles. The molecule has 1 heterocycles. The zero-order valence-corrected chi connectivity index (χ0v) is 12.5. The normalized spacial score (nSPS) is 10.7. The Bertz CT molecular complexity index is 646. The second-order valence-electron chi connectivity index (χ2n) is 4.05. The Kier molecular flexibility index (Phi) is 4.89. The van der Waals surface area contributed by atoms with E-state index in [1.807, 2.05) is 0 Å². The molecule has 0 fully saturated rings. The molecule has 5 nitrogen and oxygen atoms in total. The minimum atomic E-state index is -2.99. The van der Waals surface area contributed by atoms with Gasteiger partial charge in [-0.1, -0.05) is 6.07 Å². The van der Waals surface area contributed by atoms with E-state index in [2.05, 4.69) is 25.8 Å². The second-order valence-corrected chi connectivity index (χ2v) is 4.77. The molecule has 2 rings (SSSR count). The summed E-state index contributed by atoms with van der Waals surface area (Å²) in [6.45, 7) is -3.11. The van der Waals surface area contributed by atoms with E-state index in [1.165, 1.54) is 22.9 Å². The molecule has 0 aliphatic rings. The Hall–Kier alpha value is -1.96. The van der Waals surface area contributed by atoms with Gasteiger partial charge in [0.2, 0.25) is 10.6 Å². The van der Waals surface area contributed by atoms with Crippen LogP contribution in [-0.2, 0) is 13.7 Å². The van der Waals surface area contributed by atoms with Crippen LogP contribution in [0.25, 0.3) is 0 Å². The number of aromatic nitrogens is 2. The highest BCUT2D eigenvalue weighted by atomic mass is 79.9. The van der Waals surface area contributed by atoms with E-state index >= 15 is 0 Å². The Morgan fingerprint density at radius 2 is 2.19 bits per heavy atom. The van der Waals surface area contributed by atoms with Crippen LogP contribution in [0.3, 0.4) is 0 Å². The molecule has 112 valence electrons. The molecule has 0 saturated carbocycles. The third-order valence-corrected chi connectivity index (χ3v) is 3.04. The van der Waals surface area contributed by atoms with E-state index in [9.17, 15) is 13.6 Å². The van der Waals surface area contributed by atoms with Crippen LogP contribution in [0.5, 0.6) is 11.6 Å². The molecular weight excluding hydrogens is 350 g/mol. The Morgan fingerprint density at radius 1 is 1.43 bits per heavy atom. The average molecular weight is 361 g/mol. The molecule has 1 aromatic carbocycles. The minimum absolute atomic E-state index is 0.105. The molecule has 21 heavy (non-hydrogen) atoms. The Morgan fingerprint density at radius 3 is 2.76 bits per heavy atom. The van der Waals surface area contributed by atoms with E-state index in [-0.39, 0.29) is 23.5 Å². The van der Waals surface area contributed by atoms with Crippen LogP contribution >= 0.6 is 15.9 Å². The molecule has 0 unspecified atom stereocenters. The number of nitrogens with zero attached hydrogens (tertiary/aromatic N) is 2. The molecule has 0 saturated heterocycles. The van der Waals surface area contributed by atoms with Gasteiger partial charge in [0.05, 0.1) is 0 Å². The van der Waals surface area contributed by atoms with E-state index < -0.39 is 11.3 Å². The van der Waals surface area contributed by atoms with Gasteiger partial charge in [0.25, 0.3) is 0 Å². The van der Waals surface area contributed by atoms with Gasteiger partial charge in [0.15, 0.2) is 0 Å². The van der Waals surface area contributed by atoms with Gasteiger partial charge in [-0.2, -0.15) is 8.78 Å². The summed E-state index contributed by atoms with van der Waals surface area (Å²) in [5.74, 6) is 0.212. The fourth-order valence-electron chi connectivity index (χ4n) is 1.72. The van der Waals surface area contributed by atoms with E-state index in [1.54, 1.807) is 19.3 Å². The number of halogens is 3.